The molecule has 0 aliphatic carbocycles. The first-order valence-corrected chi connectivity index (χ1v) is 5.99. The third-order valence-electron chi connectivity index (χ3n) is 2.24. The quantitative estimate of drug-likeness (QED) is 0.849. The van der Waals surface area contributed by atoms with E-state index in [1.165, 1.54) is 31.5 Å². The van der Waals surface area contributed by atoms with Crippen molar-refractivity contribution >= 4 is 27.5 Å². The smallest absolute Gasteiger partial charge is 0.314 e. The van der Waals surface area contributed by atoms with E-state index in [0.717, 1.165) is 4.68 Å². The van der Waals surface area contributed by atoms with Gasteiger partial charge in [-0.15, -0.1) is 0 Å². The minimum atomic E-state index is -0.558. The number of methoxy groups -OCH3 is 1. The highest BCUT2D eigenvalue weighted by Gasteiger charge is 2.12. The molecule has 0 atom stereocenters. The van der Waals surface area contributed by atoms with Gasteiger partial charge in [0.25, 0.3) is 0 Å². The summed E-state index contributed by atoms with van der Waals surface area (Å²) < 4.78 is 19.5. The van der Waals surface area contributed by atoms with Crippen LogP contribution in [0.5, 0.6) is 5.75 Å². The number of ether oxygens (including phenoxy) is 1. The number of benzene rings is 1. The number of rotatable bonds is 2. The minimum absolute atomic E-state index is 0.0805. The maximum atomic E-state index is 13.1. The van der Waals surface area contributed by atoms with Crippen molar-refractivity contribution in [1.29, 1.82) is 0 Å². The van der Waals surface area contributed by atoms with Crippen molar-refractivity contribution < 1.29 is 9.13 Å². The van der Waals surface area contributed by atoms with E-state index in [1.807, 2.05) is 0 Å². The normalized spacial score (nSPS) is 10.4. The van der Waals surface area contributed by atoms with Crippen molar-refractivity contribution in [3.05, 3.63) is 50.1 Å². The summed E-state index contributed by atoms with van der Waals surface area (Å²) in [5.41, 5.74) is -0.105. The van der Waals surface area contributed by atoms with Gasteiger partial charge in [0.05, 0.1) is 28.5 Å². The predicted molar refractivity (Wildman–Crippen MR) is 69.1 cm³/mol. The Bertz CT molecular complexity index is 660. The van der Waals surface area contributed by atoms with Crippen LogP contribution in [0.25, 0.3) is 5.69 Å². The highest BCUT2D eigenvalue weighted by Crippen LogP contribution is 2.21. The van der Waals surface area contributed by atoms with Crippen molar-refractivity contribution in [2.75, 3.05) is 7.11 Å². The molecular weight excluding hydrogens is 326 g/mol. The molecule has 0 spiro atoms. The standard InChI is InChI=1S/C11H7BrClFN2O2/c1-18-10-7(12)5-15-16(11(10)17)6-2-3-9(14)8(13)4-6/h2-5H,1H3. The molecule has 18 heavy (non-hydrogen) atoms. The fraction of sp³-hybridized carbons (Fsp3) is 0.0909. The molecular formula is C11H7BrClFN2O2. The van der Waals surface area contributed by atoms with Gasteiger partial charge in [0, 0.05) is 0 Å². The number of hydrogen-bond acceptors (Lipinski definition) is 3. The third-order valence-corrected chi connectivity index (χ3v) is 3.10. The van der Waals surface area contributed by atoms with Gasteiger partial charge in [0.15, 0.2) is 0 Å². The number of nitrogens with zero attached hydrogens (tertiary/aromatic N) is 2. The Morgan fingerprint density at radius 3 is 2.83 bits per heavy atom. The first kappa shape index (κ1) is 13.0. The lowest BCUT2D eigenvalue weighted by molar-refractivity contribution is 0.400. The van der Waals surface area contributed by atoms with E-state index in [0.29, 0.717) is 10.2 Å². The fourth-order valence-corrected chi connectivity index (χ4v) is 2.00. The van der Waals surface area contributed by atoms with Crippen LogP contribution < -0.4 is 10.3 Å². The molecule has 1 heterocycles. The highest BCUT2D eigenvalue weighted by atomic mass is 79.9. The van der Waals surface area contributed by atoms with Gasteiger partial charge in [-0.05, 0) is 34.1 Å². The average Bonchev–Trinajstić information content (AvgIpc) is 2.34. The molecule has 0 unspecified atom stereocenters. The Kier molecular flexibility index (Phi) is 3.68. The Balaban J connectivity index is 2.65. The molecule has 94 valence electrons. The molecule has 1 aromatic carbocycles. The topological polar surface area (TPSA) is 44.1 Å². The maximum Gasteiger partial charge on any atom is 0.314 e. The first-order chi connectivity index (χ1) is 8.54. The molecule has 0 aliphatic rings. The molecule has 7 heteroatoms. The lowest BCUT2D eigenvalue weighted by Gasteiger charge is -2.08. The molecule has 0 bridgehead atoms. The second kappa shape index (κ2) is 5.07. The van der Waals surface area contributed by atoms with Gasteiger partial charge >= 0.3 is 5.56 Å². The summed E-state index contributed by atoms with van der Waals surface area (Å²) in [6.45, 7) is 0. The molecule has 0 saturated heterocycles. The van der Waals surface area contributed by atoms with Gasteiger partial charge in [0.2, 0.25) is 5.75 Å². The fourth-order valence-electron chi connectivity index (χ4n) is 1.40. The van der Waals surface area contributed by atoms with Crippen molar-refractivity contribution in [3.8, 4) is 11.4 Å². The molecule has 4 nitrogen and oxygen atoms in total. The summed E-state index contributed by atoms with van der Waals surface area (Å²) in [6.07, 6.45) is 1.41. The summed E-state index contributed by atoms with van der Waals surface area (Å²) in [5, 5.41) is 3.84. The van der Waals surface area contributed by atoms with Gasteiger partial charge in [-0.3, -0.25) is 4.79 Å². The van der Waals surface area contributed by atoms with E-state index < -0.39 is 11.4 Å². The van der Waals surface area contributed by atoms with Gasteiger partial charge in [-0.1, -0.05) is 11.6 Å². The summed E-state index contributed by atoms with van der Waals surface area (Å²) in [7, 11) is 1.38. The van der Waals surface area contributed by atoms with E-state index in [2.05, 4.69) is 21.0 Å². The monoisotopic (exact) mass is 332 g/mol. The Morgan fingerprint density at radius 2 is 2.22 bits per heavy atom. The van der Waals surface area contributed by atoms with Crippen LogP contribution in [-0.4, -0.2) is 16.9 Å². The molecule has 0 N–H and O–H groups in total. The SMILES string of the molecule is COc1c(Br)cnn(-c2ccc(F)c(Cl)c2)c1=O. The van der Waals surface area contributed by atoms with E-state index in [-0.39, 0.29) is 10.8 Å². The van der Waals surface area contributed by atoms with Gasteiger partial charge in [0.1, 0.15) is 5.82 Å². The zero-order valence-electron chi connectivity index (χ0n) is 9.15. The summed E-state index contributed by atoms with van der Waals surface area (Å²) in [4.78, 5) is 12.0. The molecule has 0 amide bonds. The lowest BCUT2D eigenvalue weighted by Crippen LogP contribution is -2.22. The summed E-state index contributed by atoms with van der Waals surface area (Å²) in [6, 6.07) is 3.89. The summed E-state index contributed by atoms with van der Waals surface area (Å²) in [5.74, 6) is -0.442. The van der Waals surface area contributed by atoms with Crippen LogP contribution in [0.1, 0.15) is 0 Å². The van der Waals surface area contributed by atoms with Gasteiger partial charge < -0.3 is 4.74 Å². The highest BCUT2D eigenvalue weighted by molar-refractivity contribution is 9.10. The van der Waals surface area contributed by atoms with Crippen LogP contribution in [0.4, 0.5) is 4.39 Å². The second-order valence-corrected chi connectivity index (χ2v) is 4.60. The van der Waals surface area contributed by atoms with Crippen molar-refractivity contribution in [2.24, 2.45) is 0 Å². The lowest BCUT2D eigenvalue weighted by atomic mass is 10.3. The van der Waals surface area contributed by atoms with Gasteiger partial charge in [-0.25, -0.2) is 4.39 Å². The minimum Gasteiger partial charge on any atom is -0.490 e. The molecule has 2 aromatic rings. The second-order valence-electron chi connectivity index (χ2n) is 3.34. The van der Waals surface area contributed by atoms with Crippen LogP contribution in [0.2, 0.25) is 5.02 Å². The van der Waals surface area contributed by atoms with Crippen LogP contribution >= 0.6 is 27.5 Å². The predicted octanol–water partition coefficient (Wildman–Crippen LogP) is 2.80. The molecule has 0 fully saturated rings. The van der Waals surface area contributed by atoms with Crippen LogP contribution in [0.3, 0.4) is 0 Å². The van der Waals surface area contributed by atoms with Gasteiger partial charge in [-0.2, -0.15) is 9.78 Å². The van der Waals surface area contributed by atoms with Crippen molar-refractivity contribution in [3.63, 3.8) is 0 Å². The van der Waals surface area contributed by atoms with E-state index in [4.69, 9.17) is 16.3 Å². The Labute approximate surface area is 115 Å². The van der Waals surface area contributed by atoms with E-state index in [9.17, 15) is 9.18 Å². The number of hydrogen-bond donors (Lipinski definition) is 0. The molecule has 0 radical (unpaired) electrons. The molecule has 0 saturated carbocycles. The molecule has 0 aliphatic heterocycles. The zero-order valence-corrected chi connectivity index (χ0v) is 11.5. The number of aromatic nitrogens is 2. The van der Waals surface area contributed by atoms with Crippen LogP contribution in [0, 0.1) is 5.82 Å². The van der Waals surface area contributed by atoms with Crippen molar-refractivity contribution in [2.45, 2.75) is 0 Å². The number of halogens is 3. The zero-order chi connectivity index (χ0) is 13.3. The van der Waals surface area contributed by atoms with Crippen LogP contribution in [-0.2, 0) is 0 Å². The van der Waals surface area contributed by atoms with Crippen LogP contribution in [0.15, 0.2) is 33.7 Å². The van der Waals surface area contributed by atoms with E-state index in [1.54, 1.807) is 0 Å². The first-order valence-electron chi connectivity index (χ1n) is 4.82. The third kappa shape index (κ3) is 2.26. The molecule has 1 aromatic heterocycles. The Morgan fingerprint density at radius 1 is 1.50 bits per heavy atom. The molecule has 2 rings (SSSR count). The summed E-state index contributed by atoms with van der Waals surface area (Å²) >= 11 is 8.82. The average molecular weight is 334 g/mol. The maximum absolute atomic E-state index is 13.1. The van der Waals surface area contributed by atoms with E-state index >= 15 is 0 Å². The largest absolute Gasteiger partial charge is 0.490 e. The van der Waals surface area contributed by atoms with Crippen molar-refractivity contribution in [1.82, 2.24) is 9.78 Å². The Hall–Kier alpha value is -1.40.